The highest BCUT2D eigenvalue weighted by Gasteiger charge is 2.33. The first-order valence-electron chi connectivity index (χ1n) is 5.71. The lowest BCUT2D eigenvalue weighted by molar-refractivity contribution is -0.137. The maximum absolute atomic E-state index is 12.7. The van der Waals surface area contributed by atoms with Crippen LogP contribution in [0.25, 0.3) is 0 Å². The van der Waals surface area contributed by atoms with Crippen molar-refractivity contribution in [1.82, 2.24) is 0 Å². The summed E-state index contributed by atoms with van der Waals surface area (Å²) in [6, 6.07) is 11.5. The summed E-state index contributed by atoms with van der Waals surface area (Å²) >= 11 is 7.76. The first-order valence-corrected chi connectivity index (χ1v) is 7.17. The number of hydrogen-bond donors (Lipinski definition) is 1. The van der Waals surface area contributed by atoms with Crippen LogP contribution in [0.15, 0.2) is 42.5 Å². The zero-order chi connectivity index (χ0) is 14.8. The molecule has 0 atom stereocenters. The van der Waals surface area contributed by atoms with Gasteiger partial charge in [-0.15, -0.1) is 0 Å². The fourth-order valence-corrected chi connectivity index (χ4v) is 2.24. The summed E-state index contributed by atoms with van der Waals surface area (Å²) in [6.45, 7) is 0.454. The zero-order valence-corrected chi connectivity index (χ0v) is 13.1. The van der Waals surface area contributed by atoms with Gasteiger partial charge >= 0.3 is 6.18 Å². The van der Waals surface area contributed by atoms with Crippen LogP contribution >= 0.6 is 34.2 Å². The minimum atomic E-state index is -4.45. The van der Waals surface area contributed by atoms with Crippen molar-refractivity contribution < 1.29 is 13.2 Å². The minimum Gasteiger partial charge on any atom is -0.381 e. The van der Waals surface area contributed by atoms with Crippen molar-refractivity contribution in [1.29, 1.82) is 0 Å². The number of alkyl halides is 3. The highest BCUT2D eigenvalue weighted by molar-refractivity contribution is 14.1. The monoisotopic (exact) mass is 411 g/mol. The van der Waals surface area contributed by atoms with Gasteiger partial charge in [0, 0.05) is 15.8 Å². The van der Waals surface area contributed by atoms with E-state index in [4.69, 9.17) is 11.6 Å². The molecule has 0 saturated heterocycles. The van der Waals surface area contributed by atoms with Crippen molar-refractivity contribution in [2.75, 3.05) is 5.32 Å². The smallest absolute Gasteiger partial charge is 0.381 e. The second-order valence-electron chi connectivity index (χ2n) is 4.17. The van der Waals surface area contributed by atoms with Gasteiger partial charge in [0.2, 0.25) is 0 Å². The van der Waals surface area contributed by atoms with E-state index in [9.17, 15) is 13.2 Å². The van der Waals surface area contributed by atoms with Gasteiger partial charge in [-0.1, -0.05) is 23.7 Å². The standard InChI is InChI=1S/C14H10ClF3IN/c15-13-6-5-11(7-12(13)14(16,17)18)20-8-9-1-3-10(19)4-2-9/h1-7,20H,8H2. The van der Waals surface area contributed by atoms with E-state index in [1.807, 2.05) is 24.3 Å². The molecular formula is C14H10ClF3IN. The van der Waals surface area contributed by atoms with Crippen LogP contribution in [-0.4, -0.2) is 0 Å². The molecule has 0 spiro atoms. The molecule has 0 aliphatic carbocycles. The third kappa shape index (κ3) is 4.02. The van der Waals surface area contributed by atoms with Gasteiger partial charge < -0.3 is 5.32 Å². The fourth-order valence-electron chi connectivity index (χ4n) is 1.66. The normalized spacial score (nSPS) is 11.4. The SMILES string of the molecule is FC(F)(F)c1cc(NCc2ccc(I)cc2)ccc1Cl. The summed E-state index contributed by atoms with van der Waals surface area (Å²) in [5.41, 5.74) is 0.556. The quantitative estimate of drug-likeness (QED) is 0.651. The van der Waals surface area contributed by atoms with Gasteiger partial charge in [0.15, 0.2) is 0 Å². The lowest BCUT2D eigenvalue weighted by Gasteiger charge is -2.12. The Morgan fingerprint density at radius 3 is 2.30 bits per heavy atom. The molecule has 0 radical (unpaired) electrons. The van der Waals surface area contributed by atoms with Gasteiger partial charge in [-0.2, -0.15) is 13.2 Å². The van der Waals surface area contributed by atoms with Gasteiger partial charge in [0.05, 0.1) is 10.6 Å². The molecule has 0 saturated carbocycles. The van der Waals surface area contributed by atoms with E-state index in [0.29, 0.717) is 12.2 Å². The van der Waals surface area contributed by atoms with Crippen LogP contribution < -0.4 is 5.32 Å². The van der Waals surface area contributed by atoms with Gasteiger partial charge in [0.1, 0.15) is 0 Å². The van der Waals surface area contributed by atoms with E-state index in [-0.39, 0.29) is 5.02 Å². The third-order valence-corrected chi connectivity index (χ3v) is 3.73. The van der Waals surface area contributed by atoms with Crippen molar-refractivity contribution in [3.05, 3.63) is 62.2 Å². The van der Waals surface area contributed by atoms with Crippen molar-refractivity contribution in [3.63, 3.8) is 0 Å². The average molecular weight is 412 g/mol. The largest absolute Gasteiger partial charge is 0.417 e. The van der Waals surface area contributed by atoms with Crippen LogP contribution in [0.1, 0.15) is 11.1 Å². The van der Waals surface area contributed by atoms with E-state index in [1.54, 1.807) is 0 Å². The highest BCUT2D eigenvalue weighted by Crippen LogP contribution is 2.36. The molecule has 106 valence electrons. The molecule has 2 aromatic carbocycles. The average Bonchev–Trinajstić information content (AvgIpc) is 2.38. The lowest BCUT2D eigenvalue weighted by atomic mass is 10.1. The molecule has 0 amide bonds. The molecule has 1 N–H and O–H groups in total. The third-order valence-electron chi connectivity index (χ3n) is 2.68. The van der Waals surface area contributed by atoms with Gasteiger partial charge in [-0.3, -0.25) is 0 Å². The van der Waals surface area contributed by atoms with Crippen molar-refractivity contribution in [2.24, 2.45) is 0 Å². The van der Waals surface area contributed by atoms with Gasteiger partial charge in [-0.05, 0) is 58.5 Å². The molecule has 0 unspecified atom stereocenters. The zero-order valence-electron chi connectivity index (χ0n) is 10.1. The molecular weight excluding hydrogens is 402 g/mol. The molecule has 0 fully saturated rings. The number of hydrogen-bond acceptors (Lipinski definition) is 1. The van der Waals surface area contributed by atoms with Crippen molar-refractivity contribution >= 4 is 39.9 Å². The predicted molar refractivity (Wildman–Crippen MR) is 82.9 cm³/mol. The summed E-state index contributed by atoms with van der Waals surface area (Å²) < 4.78 is 39.3. The van der Waals surface area contributed by atoms with Crippen LogP contribution in [0, 0.1) is 3.57 Å². The number of nitrogens with one attached hydrogen (secondary N) is 1. The van der Waals surface area contributed by atoms with E-state index in [1.165, 1.54) is 12.1 Å². The first kappa shape index (κ1) is 15.4. The van der Waals surface area contributed by atoms with E-state index in [2.05, 4.69) is 27.9 Å². The summed E-state index contributed by atoms with van der Waals surface area (Å²) in [7, 11) is 0. The summed E-state index contributed by atoms with van der Waals surface area (Å²) in [6.07, 6.45) is -4.45. The van der Waals surface area contributed by atoms with Crippen LogP contribution in [-0.2, 0) is 12.7 Å². The molecule has 20 heavy (non-hydrogen) atoms. The Bertz CT molecular complexity index is 596. The predicted octanol–water partition coefficient (Wildman–Crippen LogP) is 5.58. The Kier molecular flexibility index (Phi) is 4.80. The number of rotatable bonds is 3. The topological polar surface area (TPSA) is 12.0 Å². The Hall–Kier alpha value is -0.950. The Labute approximate surface area is 133 Å². The summed E-state index contributed by atoms with van der Waals surface area (Å²) in [4.78, 5) is 0. The van der Waals surface area contributed by atoms with Crippen LogP contribution in [0.2, 0.25) is 5.02 Å². The van der Waals surface area contributed by atoms with Gasteiger partial charge in [-0.25, -0.2) is 0 Å². The molecule has 0 aliphatic heterocycles. The van der Waals surface area contributed by atoms with Crippen LogP contribution in [0.4, 0.5) is 18.9 Å². The maximum atomic E-state index is 12.7. The van der Waals surface area contributed by atoms with Crippen LogP contribution in [0.5, 0.6) is 0 Å². The summed E-state index contributed by atoms with van der Waals surface area (Å²) in [5.74, 6) is 0. The number of anilines is 1. The van der Waals surface area contributed by atoms with E-state index < -0.39 is 11.7 Å². The highest BCUT2D eigenvalue weighted by atomic mass is 127. The molecule has 0 aromatic heterocycles. The van der Waals surface area contributed by atoms with Crippen molar-refractivity contribution in [2.45, 2.75) is 12.7 Å². The number of benzene rings is 2. The van der Waals surface area contributed by atoms with E-state index in [0.717, 1.165) is 15.2 Å². The molecule has 0 bridgehead atoms. The second kappa shape index (κ2) is 6.22. The first-order chi connectivity index (χ1) is 9.36. The van der Waals surface area contributed by atoms with Crippen molar-refractivity contribution in [3.8, 4) is 0 Å². The lowest BCUT2D eigenvalue weighted by Crippen LogP contribution is -2.07. The Morgan fingerprint density at radius 2 is 1.70 bits per heavy atom. The summed E-state index contributed by atoms with van der Waals surface area (Å²) in [5, 5.41) is 2.66. The fraction of sp³-hybridized carbons (Fsp3) is 0.143. The van der Waals surface area contributed by atoms with Crippen LogP contribution in [0.3, 0.4) is 0 Å². The molecule has 6 heteroatoms. The minimum absolute atomic E-state index is 0.294. The van der Waals surface area contributed by atoms with E-state index >= 15 is 0 Å². The Morgan fingerprint density at radius 1 is 1.05 bits per heavy atom. The maximum Gasteiger partial charge on any atom is 0.417 e. The molecule has 1 nitrogen and oxygen atoms in total. The Balaban J connectivity index is 2.12. The second-order valence-corrected chi connectivity index (χ2v) is 5.83. The molecule has 0 aliphatic rings. The molecule has 0 heterocycles. The van der Waals surface area contributed by atoms with Gasteiger partial charge in [0.25, 0.3) is 0 Å². The molecule has 2 rings (SSSR count). The number of halogens is 5. The molecule has 2 aromatic rings.